The number of pyridine rings is 1. The fraction of sp³-hybridized carbons (Fsp3) is 0.667. The second-order valence-electron chi connectivity index (χ2n) is 4.66. The van der Waals surface area contributed by atoms with Crippen LogP contribution in [0.25, 0.3) is 0 Å². The molecule has 18 heavy (non-hydrogen) atoms. The number of hydrogen-bond donors (Lipinski definition) is 0. The van der Waals surface area contributed by atoms with Crippen LogP contribution in [0.5, 0.6) is 0 Å². The monoisotopic (exact) mass is 250 g/mol. The Balaban J connectivity index is 0.000000771. The minimum absolute atomic E-state index is 0.636. The lowest BCUT2D eigenvalue weighted by molar-refractivity contribution is 0.0849. The van der Waals surface area contributed by atoms with Crippen molar-refractivity contribution in [3.8, 4) is 0 Å². The first-order valence-corrected chi connectivity index (χ1v) is 6.93. The van der Waals surface area contributed by atoms with Crippen LogP contribution in [-0.4, -0.2) is 37.2 Å². The topological polar surface area (TPSA) is 25.4 Å². The molecule has 0 aromatic carbocycles. The third-order valence-electron chi connectivity index (χ3n) is 3.05. The van der Waals surface area contributed by atoms with Crippen molar-refractivity contribution in [1.29, 1.82) is 0 Å². The average Bonchev–Trinajstić information content (AvgIpc) is 2.42. The summed E-state index contributed by atoms with van der Waals surface area (Å²) in [6.07, 6.45) is 4.15. The van der Waals surface area contributed by atoms with E-state index in [4.69, 9.17) is 4.74 Å². The molecule has 0 amide bonds. The molecule has 0 atom stereocenters. The molecule has 1 fully saturated rings. The molecule has 2 rings (SSSR count). The van der Waals surface area contributed by atoms with Crippen LogP contribution in [-0.2, 0) is 11.3 Å². The Morgan fingerprint density at radius 2 is 1.94 bits per heavy atom. The molecule has 3 nitrogen and oxygen atoms in total. The molecular weight excluding hydrogens is 224 g/mol. The van der Waals surface area contributed by atoms with E-state index in [1.807, 2.05) is 26.1 Å². The van der Waals surface area contributed by atoms with Crippen LogP contribution in [0.15, 0.2) is 18.3 Å². The maximum atomic E-state index is 5.41. The molecule has 1 aliphatic rings. The molecule has 0 N–H and O–H groups in total. The fourth-order valence-corrected chi connectivity index (χ4v) is 2.26. The van der Waals surface area contributed by atoms with Gasteiger partial charge in [-0.2, -0.15) is 0 Å². The Morgan fingerprint density at radius 1 is 1.28 bits per heavy atom. The van der Waals surface area contributed by atoms with Crippen molar-refractivity contribution in [2.75, 3.05) is 27.3 Å². The van der Waals surface area contributed by atoms with Gasteiger partial charge < -0.3 is 9.64 Å². The van der Waals surface area contributed by atoms with E-state index in [9.17, 15) is 0 Å². The second-order valence-corrected chi connectivity index (χ2v) is 4.66. The van der Waals surface area contributed by atoms with Crippen LogP contribution < -0.4 is 0 Å². The highest BCUT2D eigenvalue weighted by Gasteiger charge is 2.19. The number of rotatable bonds is 3. The van der Waals surface area contributed by atoms with Gasteiger partial charge in [-0.15, -0.1) is 0 Å². The minimum Gasteiger partial charge on any atom is -0.381 e. The van der Waals surface area contributed by atoms with Gasteiger partial charge in [0.05, 0.1) is 5.69 Å². The van der Waals surface area contributed by atoms with Gasteiger partial charge >= 0.3 is 0 Å². The number of hydrogen-bond acceptors (Lipinski definition) is 3. The zero-order valence-electron chi connectivity index (χ0n) is 12.1. The van der Waals surface area contributed by atoms with Gasteiger partial charge in [-0.25, -0.2) is 0 Å². The number of ether oxygens (including phenoxy) is 1. The molecule has 102 valence electrons. The molecule has 0 bridgehead atoms. The molecule has 0 radical (unpaired) electrons. The van der Waals surface area contributed by atoms with E-state index in [0.717, 1.165) is 32.6 Å². The van der Waals surface area contributed by atoms with Crippen molar-refractivity contribution in [3.63, 3.8) is 0 Å². The van der Waals surface area contributed by atoms with E-state index in [1.54, 1.807) is 0 Å². The lowest BCUT2D eigenvalue weighted by atomic mass is 9.90. The molecule has 1 aromatic rings. The summed E-state index contributed by atoms with van der Waals surface area (Å²) in [4.78, 5) is 6.68. The van der Waals surface area contributed by atoms with E-state index in [0.29, 0.717) is 5.92 Å². The Kier molecular flexibility index (Phi) is 6.91. The molecule has 2 heterocycles. The highest BCUT2D eigenvalue weighted by molar-refractivity contribution is 5.24. The summed E-state index contributed by atoms with van der Waals surface area (Å²) in [6.45, 7) is 6.70. The summed E-state index contributed by atoms with van der Waals surface area (Å²) in [6, 6.07) is 4.27. The molecule has 1 aromatic heterocycles. The van der Waals surface area contributed by atoms with Crippen LogP contribution >= 0.6 is 0 Å². The maximum Gasteiger partial charge on any atom is 0.0578 e. The maximum absolute atomic E-state index is 5.41. The molecule has 0 unspecified atom stereocenters. The van der Waals surface area contributed by atoms with Gasteiger partial charge in [-0.3, -0.25) is 4.98 Å². The zero-order chi connectivity index (χ0) is 13.4. The molecule has 0 aliphatic carbocycles. The number of nitrogens with zero attached hydrogens (tertiary/aromatic N) is 2. The van der Waals surface area contributed by atoms with Gasteiger partial charge in [0.2, 0.25) is 0 Å². The number of aromatic nitrogens is 1. The highest BCUT2D eigenvalue weighted by Crippen LogP contribution is 2.28. The van der Waals surface area contributed by atoms with Gasteiger partial charge in [0, 0.05) is 26.0 Å². The second kappa shape index (κ2) is 8.22. The molecule has 0 saturated carbocycles. The average molecular weight is 250 g/mol. The summed E-state index contributed by atoms with van der Waals surface area (Å²) < 4.78 is 5.41. The summed E-state index contributed by atoms with van der Waals surface area (Å²) in [7, 11) is 4.17. The van der Waals surface area contributed by atoms with Gasteiger partial charge in [-0.1, -0.05) is 19.9 Å². The summed E-state index contributed by atoms with van der Waals surface area (Å²) in [5.74, 6) is 0.636. The van der Waals surface area contributed by atoms with Gasteiger partial charge in [-0.05, 0) is 44.5 Å². The predicted molar refractivity (Wildman–Crippen MR) is 75.8 cm³/mol. The van der Waals surface area contributed by atoms with Crippen molar-refractivity contribution in [3.05, 3.63) is 29.6 Å². The molecule has 1 aliphatic heterocycles. The van der Waals surface area contributed by atoms with Crippen LogP contribution in [0.3, 0.4) is 0 Å². The normalized spacial score (nSPS) is 16.3. The van der Waals surface area contributed by atoms with Crippen molar-refractivity contribution in [1.82, 2.24) is 9.88 Å². The van der Waals surface area contributed by atoms with Gasteiger partial charge in [0.1, 0.15) is 0 Å². The van der Waals surface area contributed by atoms with Crippen molar-refractivity contribution in [2.24, 2.45) is 0 Å². The minimum atomic E-state index is 0.636. The van der Waals surface area contributed by atoms with E-state index < -0.39 is 0 Å². The van der Waals surface area contributed by atoms with Crippen molar-refractivity contribution in [2.45, 2.75) is 39.2 Å². The van der Waals surface area contributed by atoms with E-state index in [2.05, 4.69) is 30.0 Å². The smallest absolute Gasteiger partial charge is 0.0578 e. The van der Waals surface area contributed by atoms with Gasteiger partial charge in [0.15, 0.2) is 0 Å². The standard InChI is InChI=1S/C13H20N2O.C2H6/c1-15(2)10-13-12(4-3-7-14-13)11-5-8-16-9-6-11;1-2/h3-4,7,11H,5-6,8-10H2,1-2H3;1-2H3. The third kappa shape index (κ3) is 4.39. The Labute approximate surface area is 111 Å². The lowest BCUT2D eigenvalue weighted by Crippen LogP contribution is -2.19. The van der Waals surface area contributed by atoms with Crippen LogP contribution in [0.1, 0.15) is 43.9 Å². The SMILES string of the molecule is CC.CN(C)Cc1ncccc1C1CCOCC1. The lowest BCUT2D eigenvalue weighted by Gasteiger charge is -2.24. The van der Waals surface area contributed by atoms with Crippen LogP contribution in [0.2, 0.25) is 0 Å². The first-order valence-electron chi connectivity index (χ1n) is 6.93. The molecule has 0 spiro atoms. The fourth-order valence-electron chi connectivity index (χ4n) is 2.26. The summed E-state index contributed by atoms with van der Waals surface area (Å²) in [5, 5.41) is 0. The Hall–Kier alpha value is -0.930. The van der Waals surface area contributed by atoms with E-state index >= 15 is 0 Å². The van der Waals surface area contributed by atoms with Gasteiger partial charge in [0.25, 0.3) is 0 Å². The zero-order valence-corrected chi connectivity index (χ0v) is 12.1. The quantitative estimate of drug-likeness (QED) is 0.824. The summed E-state index contributed by atoms with van der Waals surface area (Å²) in [5.41, 5.74) is 2.64. The first kappa shape index (κ1) is 15.1. The van der Waals surface area contributed by atoms with Crippen molar-refractivity contribution < 1.29 is 4.74 Å². The molecule has 1 saturated heterocycles. The van der Waals surface area contributed by atoms with E-state index in [-0.39, 0.29) is 0 Å². The molecular formula is C15H26N2O. The van der Waals surface area contributed by atoms with E-state index in [1.165, 1.54) is 11.3 Å². The Morgan fingerprint density at radius 3 is 2.56 bits per heavy atom. The highest BCUT2D eigenvalue weighted by atomic mass is 16.5. The predicted octanol–water partition coefficient (Wildman–Crippen LogP) is 3.06. The summed E-state index contributed by atoms with van der Waals surface area (Å²) >= 11 is 0. The third-order valence-corrected chi connectivity index (χ3v) is 3.05. The molecule has 3 heteroatoms. The van der Waals surface area contributed by atoms with Crippen LogP contribution in [0.4, 0.5) is 0 Å². The first-order chi connectivity index (χ1) is 8.77. The van der Waals surface area contributed by atoms with Crippen LogP contribution in [0, 0.1) is 0 Å². The Bertz CT molecular complexity index is 333. The largest absolute Gasteiger partial charge is 0.381 e. The van der Waals surface area contributed by atoms with Crippen molar-refractivity contribution >= 4 is 0 Å².